The standard InChI is InChI=1S/C17H16N2OS/c1-11-16(12-5-9-15(20-2)10-6-12)21-17(19-11)13-3-7-14(18)8-4-13/h3-10H,18H2,1-2H3. The Labute approximate surface area is 128 Å². The first-order valence-electron chi connectivity index (χ1n) is 6.65. The zero-order chi connectivity index (χ0) is 14.8. The summed E-state index contributed by atoms with van der Waals surface area (Å²) in [5, 5.41) is 1.01. The number of hydrogen-bond acceptors (Lipinski definition) is 4. The van der Waals surface area contributed by atoms with Crippen molar-refractivity contribution in [1.29, 1.82) is 0 Å². The topological polar surface area (TPSA) is 48.1 Å². The van der Waals surface area contributed by atoms with E-state index in [1.54, 1.807) is 18.4 Å². The second kappa shape index (κ2) is 5.58. The molecule has 0 saturated heterocycles. The molecule has 0 radical (unpaired) electrons. The number of ether oxygens (including phenoxy) is 1. The van der Waals surface area contributed by atoms with Gasteiger partial charge in [0.1, 0.15) is 10.8 Å². The molecule has 0 amide bonds. The van der Waals surface area contributed by atoms with Gasteiger partial charge in [0.25, 0.3) is 0 Å². The number of nitrogens with two attached hydrogens (primary N) is 1. The van der Waals surface area contributed by atoms with Crippen LogP contribution in [0.3, 0.4) is 0 Å². The highest BCUT2D eigenvalue weighted by atomic mass is 32.1. The van der Waals surface area contributed by atoms with Crippen molar-refractivity contribution in [3.63, 3.8) is 0 Å². The Morgan fingerprint density at radius 1 is 0.952 bits per heavy atom. The zero-order valence-corrected chi connectivity index (χ0v) is 12.8. The molecule has 3 rings (SSSR count). The zero-order valence-electron chi connectivity index (χ0n) is 12.0. The summed E-state index contributed by atoms with van der Waals surface area (Å²) >= 11 is 1.69. The Morgan fingerprint density at radius 2 is 1.57 bits per heavy atom. The summed E-state index contributed by atoms with van der Waals surface area (Å²) in [5.41, 5.74) is 9.79. The molecule has 1 heterocycles. The predicted octanol–water partition coefficient (Wildman–Crippen LogP) is 4.38. The maximum absolute atomic E-state index is 5.73. The van der Waals surface area contributed by atoms with E-state index >= 15 is 0 Å². The lowest BCUT2D eigenvalue weighted by atomic mass is 10.1. The first kappa shape index (κ1) is 13.6. The number of aromatic nitrogens is 1. The monoisotopic (exact) mass is 296 g/mol. The molecule has 4 heteroatoms. The van der Waals surface area contributed by atoms with Crippen LogP contribution in [0.25, 0.3) is 21.0 Å². The van der Waals surface area contributed by atoms with Crippen molar-refractivity contribution in [2.24, 2.45) is 0 Å². The van der Waals surface area contributed by atoms with E-state index in [1.165, 1.54) is 4.88 Å². The van der Waals surface area contributed by atoms with Crippen molar-refractivity contribution in [1.82, 2.24) is 4.98 Å². The normalized spacial score (nSPS) is 10.6. The van der Waals surface area contributed by atoms with Crippen molar-refractivity contribution in [2.75, 3.05) is 12.8 Å². The van der Waals surface area contributed by atoms with Crippen LogP contribution in [0.4, 0.5) is 5.69 Å². The minimum Gasteiger partial charge on any atom is -0.497 e. The molecule has 2 aromatic carbocycles. The number of nitrogen functional groups attached to an aromatic ring is 1. The molecule has 0 aliphatic heterocycles. The largest absolute Gasteiger partial charge is 0.497 e. The molecule has 1 aromatic heterocycles. The minimum absolute atomic E-state index is 0.766. The lowest BCUT2D eigenvalue weighted by molar-refractivity contribution is 0.415. The van der Waals surface area contributed by atoms with Crippen LogP contribution in [0.1, 0.15) is 5.69 Å². The van der Waals surface area contributed by atoms with E-state index in [1.807, 2.05) is 43.3 Å². The molecule has 0 bridgehead atoms. The van der Waals surface area contributed by atoms with Crippen molar-refractivity contribution in [3.05, 3.63) is 54.2 Å². The van der Waals surface area contributed by atoms with Crippen molar-refractivity contribution in [3.8, 4) is 26.8 Å². The van der Waals surface area contributed by atoms with E-state index in [0.717, 1.165) is 33.3 Å². The molecule has 0 saturated carbocycles. The van der Waals surface area contributed by atoms with Crippen LogP contribution < -0.4 is 10.5 Å². The van der Waals surface area contributed by atoms with Crippen LogP contribution in [0.2, 0.25) is 0 Å². The summed E-state index contributed by atoms with van der Waals surface area (Å²) in [4.78, 5) is 5.86. The van der Waals surface area contributed by atoms with Crippen LogP contribution in [0, 0.1) is 6.92 Å². The molecular formula is C17H16N2OS. The van der Waals surface area contributed by atoms with Gasteiger partial charge in [-0.05, 0) is 61.0 Å². The second-order valence-corrected chi connectivity index (χ2v) is 5.78. The third-order valence-electron chi connectivity index (χ3n) is 3.31. The van der Waals surface area contributed by atoms with Gasteiger partial charge in [-0.15, -0.1) is 11.3 Å². The number of anilines is 1. The number of methoxy groups -OCH3 is 1. The minimum atomic E-state index is 0.766. The van der Waals surface area contributed by atoms with Gasteiger partial charge in [-0.1, -0.05) is 0 Å². The Hall–Kier alpha value is -2.33. The highest BCUT2D eigenvalue weighted by molar-refractivity contribution is 7.18. The van der Waals surface area contributed by atoms with Gasteiger partial charge < -0.3 is 10.5 Å². The molecule has 0 aliphatic rings. The first-order chi connectivity index (χ1) is 10.2. The number of benzene rings is 2. The van der Waals surface area contributed by atoms with Crippen LogP contribution in [-0.2, 0) is 0 Å². The smallest absolute Gasteiger partial charge is 0.124 e. The Balaban J connectivity index is 1.98. The van der Waals surface area contributed by atoms with Gasteiger partial charge in [0.2, 0.25) is 0 Å². The predicted molar refractivity (Wildman–Crippen MR) is 88.7 cm³/mol. The number of aryl methyl sites for hydroxylation is 1. The van der Waals surface area contributed by atoms with Gasteiger partial charge in [-0.3, -0.25) is 0 Å². The van der Waals surface area contributed by atoms with Gasteiger partial charge in [0.05, 0.1) is 17.7 Å². The maximum Gasteiger partial charge on any atom is 0.124 e. The quantitative estimate of drug-likeness (QED) is 0.730. The SMILES string of the molecule is COc1ccc(-c2sc(-c3ccc(N)cc3)nc2C)cc1. The average Bonchev–Trinajstić information content (AvgIpc) is 2.90. The maximum atomic E-state index is 5.73. The van der Waals surface area contributed by atoms with Crippen molar-refractivity contribution >= 4 is 17.0 Å². The first-order valence-corrected chi connectivity index (χ1v) is 7.47. The highest BCUT2D eigenvalue weighted by Crippen LogP contribution is 2.35. The molecule has 0 spiro atoms. The summed E-state index contributed by atoms with van der Waals surface area (Å²) in [5.74, 6) is 0.861. The summed E-state index contributed by atoms with van der Waals surface area (Å²) in [6, 6.07) is 15.9. The van der Waals surface area contributed by atoms with E-state index in [-0.39, 0.29) is 0 Å². The fourth-order valence-corrected chi connectivity index (χ4v) is 3.23. The van der Waals surface area contributed by atoms with Gasteiger partial charge in [-0.2, -0.15) is 0 Å². The number of rotatable bonds is 3. The fraction of sp³-hybridized carbons (Fsp3) is 0.118. The molecule has 3 aromatic rings. The Morgan fingerprint density at radius 3 is 2.19 bits per heavy atom. The Kier molecular flexibility index (Phi) is 3.62. The van der Waals surface area contributed by atoms with E-state index in [0.29, 0.717) is 0 Å². The Bertz CT molecular complexity index is 745. The lowest BCUT2D eigenvalue weighted by Gasteiger charge is -2.01. The molecule has 0 atom stereocenters. The number of hydrogen-bond donors (Lipinski definition) is 1. The molecule has 3 nitrogen and oxygen atoms in total. The molecule has 0 aliphatic carbocycles. The number of nitrogens with zero attached hydrogens (tertiary/aromatic N) is 1. The lowest BCUT2D eigenvalue weighted by Crippen LogP contribution is -1.83. The van der Waals surface area contributed by atoms with Gasteiger partial charge in [-0.25, -0.2) is 4.98 Å². The molecule has 0 unspecified atom stereocenters. The van der Waals surface area contributed by atoms with E-state index in [2.05, 4.69) is 17.1 Å². The molecular weight excluding hydrogens is 280 g/mol. The van der Waals surface area contributed by atoms with Crippen LogP contribution in [0.5, 0.6) is 5.75 Å². The highest BCUT2D eigenvalue weighted by Gasteiger charge is 2.11. The van der Waals surface area contributed by atoms with Gasteiger partial charge >= 0.3 is 0 Å². The molecule has 0 fully saturated rings. The summed E-state index contributed by atoms with van der Waals surface area (Å²) < 4.78 is 5.20. The molecule has 21 heavy (non-hydrogen) atoms. The summed E-state index contributed by atoms with van der Waals surface area (Å²) in [7, 11) is 1.67. The van der Waals surface area contributed by atoms with Gasteiger partial charge in [0, 0.05) is 11.3 Å². The van der Waals surface area contributed by atoms with E-state index < -0.39 is 0 Å². The van der Waals surface area contributed by atoms with Crippen LogP contribution in [-0.4, -0.2) is 12.1 Å². The third kappa shape index (κ3) is 2.76. The average molecular weight is 296 g/mol. The fourth-order valence-electron chi connectivity index (χ4n) is 2.16. The van der Waals surface area contributed by atoms with E-state index in [9.17, 15) is 0 Å². The van der Waals surface area contributed by atoms with Crippen molar-refractivity contribution in [2.45, 2.75) is 6.92 Å². The second-order valence-electron chi connectivity index (χ2n) is 4.78. The summed E-state index contributed by atoms with van der Waals surface area (Å²) in [6.45, 7) is 2.04. The van der Waals surface area contributed by atoms with Gasteiger partial charge in [0.15, 0.2) is 0 Å². The van der Waals surface area contributed by atoms with E-state index in [4.69, 9.17) is 10.5 Å². The van der Waals surface area contributed by atoms with Crippen LogP contribution in [0.15, 0.2) is 48.5 Å². The summed E-state index contributed by atoms with van der Waals surface area (Å²) in [6.07, 6.45) is 0. The molecule has 2 N–H and O–H groups in total. The van der Waals surface area contributed by atoms with Crippen LogP contribution >= 0.6 is 11.3 Å². The third-order valence-corrected chi connectivity index (χ3v) is 4.56. The van der Waals surface area contributed by atoms with Crippen molar-refractivity contribution < 1.29 is 4.74 Å². The number of thiazole rings is 1. The molecule has 106 valence electrons.